The van der Waals surface area contributed by atoms with Gasteiger partial charge in [0.2, 0.25) is 0 Å². The fourth-order valence-corrected chi connectivity index (χ4v) is 4.54. The number of nitrogens with zero attached hydrogens (tertiary/aromatic N) is 2. The number of rotatable bonds is 4. The van der Waals surface area contributed by atoms with Crippen molar-refractivity contribution in [3.63, 3.8) is 0 Å². The quantitative estimate of drug-likeness (QED) is 0.604. The van der Waals surface area contributed by atoms with E-state index in [-0.39, 0.29) is 4.21 Å². The molecule has 4 aromatic rings. The number of hydrogen-bond donors (Lipinski definition) is 1. The van der Waals surface area contributed by atoms with Gasteiger partial charge in [0.25, 0.3) is 10.0 Å². The Morgan fingerprint density at radius 3 is 2.62 bits per heavy atom. The van der Waals surface area contributed by atoms with E-state index in [4.69, 9.17) is 0 Å². The van der Waals surface area contributed by atoms with E-state index >= 15 is 0 Å². The van der Waals surface area contributed by atoms with Gasteiger partial charge in [-0.1, -0.05) is 30.3 Å². The normalized spacial score (nSPS) is 11.7. The first-order chi connectivity index (χ1) is 11.6. The third-order valence-electron chi connectivity index (χ3n) is 3.57. The van der Waals surface area contributed by atoms with E-state index in [1.165, 1.54) is 11.3 Å². The summed E-state index contributed by atoms with van der Waals surface area (Å²) in [7, 11) is -3.60. The summed E-state index contributed by atoms with van der Waals surface area (Å²) in [4.78, 5) is 4.57. The molecule has 0 fully saturated rings. The Morgan fingerprint density at radius 2 is 1.83 bits per heavy atom. The van der Waals surface area contributed by atoms with E-state index in [1.54, 1.807) is 29.6 Å². The predicted octanol–water partition coefficient (Wildman–Crippen LogP) is 3.86. The van der Waals surface area contributed by atoms with Crippen LogP contribution < -0.4 is 4.72 Å². The number of imidazole rings is 1. The third-order valence-corrected chi connectivity index (χ3v) is 6.33. The van der Waals surface area contributed by atoms with Crippen molar-refractivity contribution in [1.82, 2.24) is 9.38 Å². The Morgan fingerprint density at radius 1 is 1.00 bits per heavy atom. The molecular weight excluding hydrogens is 342 g/mol. The van der Waals surface area contributed by atoms with Crippen LogP contribution in [0.25, 0.3) is 16.9 Å². The van der Waals surface area contributed by atoms with Gasteiger partial charge in [0.15, 0.2) is 0 Å². The smallest absolute Gasteiger partial charge is 0.271 e. The number of fused-ring (bicyclic) bond motifs is 1. The van der Waals surface area contributed by atoms with Gasteiger partial charge in [0.1, 0.15) is 9.86 Å². The highest BCUT2D eigenvalue weighted by Crippen LogP contribution is 2.30. The van der Waals surface area contributed by atoms with E-state index in [0.717, 1.165) is 11.2 Å². The van der Waals surface area contributed by atoms with Gasteiger partial charge in [-0.2, -0.15) is 0 Å². The van der Waals surface area contributed by atoms with E-state index in [1.807, 2.05) is 47.1 Å². The second-order valence-corrected chi connectivity index (χ2v) is 8.03. The summed E-state index contributed by atoms with van der Waals surface area (Å²) in [6, 6.07) is 16.3. The molecule has 24 heavy (non-hydrogen) atoms. The molecule has 1 N–H and O–H groups in total. The minimum absolute atomic E-state index is 0.285. The van der Waals surface area contributed by atoms with Crippen LogP contribution in [-0.2, 0) is 10.0 Å². The molecular formula is C17H13N3O2S2. The van der Waals surface area contributed by atoms with Crippen molar-refractivity contribution >= 4 is 32.7 Å². The van der Waals surface area contributed by atoms with Crippen molar-refractivity contribution in [2.24, 2.45) is 0 Å². The molecule has 0 atom stereocenters. The third kappa shape index (κ3) is 2.68. The number of aromatic nitrogens is 2. The van der Waals surface area contributed by atoms with Gasteiger partial charge < -0.3 is 4.40 Å². The van der Waals surface area contributed by atoms with Crippen LogP contribution in [0.2, 0.25) is 0 Å². The van der Waals surface area contributed by atoms with Crippen LogP contribution in [-0.4, -0.2) is 17.8 Å². The zero-order valence-electron chi connectivity index (χ0n) is 12.5. The average Bonchev–Trinajstić information content (AvgIpc) is 3.25. The molecule has 0 aliphatic rings. The summed E-state index contributed by atoms with van der Waals surface area (Å²) < 4.78 is 29.8. The molecule has 4 rings (SSSR count). The van der Waals surface area contributed by atoms with Crippen molar-refractivity contribution in [2.75, 3.05) is 4.72 Å². The summed E-state index contributed by atoms with van der Waals surface area (Å²) in [6.45, 7) is 0. The van der Waals surface area contributed by atoms with Gasteiger partial charge in [-0.25, -0.2) is 13.4 Å². The maximum absolute atomic E-state index is 12.5. The summed E-state index contributed by atoms with van der Waals surface area (Å²) in [5.41, 5.74) is 2.77. The van der Waals surface area contributed by atoms with Crippen LogP contribution in [0.15, 0.2) is 76.6 Å². The summed E-state index contributed by atoms with van der Waals surface area (Å²) >= 11 is 1.18. The average molecular weight is 355 g/mol. The zero-order chi connectivity index (χ0) is 16.6. The molecule has 7 heteroatoms. The van der Waals surface area contributed by atoms with E-state index in [0.29, 0.717) is 11.4 Å². The van der Waals surface area contributed by atoms with Crippen LogP contribution in [0.1, 0.15) is 0 Å². The molecule has 0 aliphatic carbocycles. The highest BCUT2D eigenvalue weighted by molar-refractivity contribution is 7.94. The molecule has 0 saturated carbocycles. The number of para-hydroxylation sites is 1. The van der Waals surface area contributed by atoms with Crippen LogP contribution in [0.5, 0.6) is 0 Å². The molecule has 0 bridgehead atoms. The number of sulfonamides is 1. The first-order valence-corrected chi connectivity index (χ1v) is 9.59. The first-order valence-electron chi connectivity index (χ1n) is 7.23. The second-order valence-electron chi connectivity index (χ2n) is 5.18. The molecule has 0 amide bonds. The van der Waals surface area contributed by atoms with E-state index < -0.39 is 10.0 Å². The highest BCUT2D eigenvalue weighted by Gasteiger charge is 2.18. The Labute approximate surface area is 143 Å². The first kappa shape index (κ1) is 14.9. The Balaban J connectivity index is 1.78. The highest BCUT2D eigenvalue weighted by atomic mass is 32.2. The lowest BCUT2D eigenvalue weighted by atomic mass is 10.1. The largest absolute Gasteiger partial charge is 0.306 e. The molecule has 120 valence electrons. The Bertz CT molecular complexity index is 1070. The minimum Gasteiger partial charge on any atom is -0.306 e. The number of thiophene rings is 1. The molecule has 0 saturated heterocycles. The zero-order valence-corrected chi connectivity index (χ0v) is 14.1. The lowest BCUT2D eigenvalue weighted by Gasteiger charge is -2.10. The molecule has 3 heterocycles. The molecule has 1 aromatic carbocycles. The van der Waals surface area contributed by atoms with Crippen LogP contribution in [0, 0.1) is 0 Å². The van der Waals surface area contributed by atoms with Gasteiger partial charge >= 0.3 is 0 Å². The van der Waals surface area contributed by atoms with Gasteiger partial charge in [0.05, 0.1) is 11.4 Å². The van der Waals surface area contributed by atoms with Gasteiger partial charge in [-0.15, -0.1) is 11.3 Å². The topological polar surface area (TPSA) is 63.5 Å². The molecule has 0 unspecified atom stereocenters. The maximum atomic E-state index is 12.5. The SMILES string of the molecule is O=S(=O)(Nc1ccccc1-c1cn2ccccc2n1)c1cccs1. The van der Waals surface area contributed by atoms with Gasteiger partial charge in [0, 0.05) is 18.0 Å². The van der Waals surface area contributed by atoms with Crippen molar-refractivity contribution < 1.29 is 8.42 Å². The molecule has 5 nitrogen and oxygen atoms in total. The van der Waals surface area contributed by atoms with Crippen LogP contribution >= 0.6 is 11.3 Å². The lowest BCUT2D eigenvalue weighted by molar-refractivity contribution is 0.603. The fourth-order valence-electron chi connectivity index (χ4n) is 2.47. The maximum Gasteiger partial charge on any atom is 0.271 e. The second kappa shape index (κ2) is 5.77. The fraction of sp³-hybridized carbons (Fsp3) is 0. The minimum atomic E-state index is -3.60. The summed E-state index contributed by atoms with van der Waals surface area (Å²) in [5.74, 6) is 0. The summed E-state index contributed by atoms with van der Waals surface area (Å²) in [5, 5.41) is 1.74. The van der Waals surface area contributed by atoms with Crippen molar-refractivity contribution in [2.45, 2.75) is 4.21 Å². The molecule has 0 radical (unpaired) electrons. The van der Waals surface area contributed by atoms with Crippen molar-refractivity contribution in [3.8, 4) is 11.3 Å². The number of nitrogens with one attached hydrogen (secondary N) is 1. The van der Waals surface area contributed by atoms with E-state index in [2.05, 4.69) is 9.71 Å². The predicted molar refractivity (Wildman–Crippen MR) is 95.8 cm³/mol. The van der Waals surface area contributed by atoms with Crippen LogP contribution in [0.3, 0.4) is 0 Å². The van der Waals surface area contributed by atoms with Crippen molar-refractivity contribution in [3.05, 3.63) is 72.4 Å². The molecule has 0 spiro atoms. The molecule has 3 aromatic heterocycles. The number of hydrogen-bond acceptors (Lipinski definition) is 4. The van der Waals surface area contributed by atoms with Gasteiger partial charge in [-0.3, -0.25) is 4.72 Å². The standard InChI is InChI=1S/C17H13N3O2S2/c21-24(22,17-9-5-11-23-17)19-14-7-2-1-6-13(14)15-12-20-10-4-3-8-16(20)18-15/h1-12,19H. The lowest BCUT2D eigenvalue weighted by Crippen LogP contribution is -2.12. The van der Waals surface area contributed by atoms with Crippen molar-refractivity contribution in [1.29, 1.82) is 0 Å². The number of anilines is 1. The van der Waals surface area contributed by atoms with Crippen LogP contribution in [0.4, 0.5) is 5.69 Å². The van der Waals surface area contributed by atoms with Gasteiger partial charge in [-0.05, 0) is 29.6 Å². The number of benzene rings is 1. The Kier molecular flexibility index (Phi) is 3.59. The summed E-state index contributed by atoms with van der Waals surface area (Å²) in [6.07, 6.45) is 3.79. The Hall–Kier alpha value is -2.64. The molecule has 0 aliphatic heterocycles. The monoisotopic (exact) mass is 355 g/mol. The number of pyridine rings is 1. The van der Waals surface area contributed by atoms with E-state index in [9.17, 15) is 8.42 Å².